The van der Waals surface area contributed by atoms with Crippen molar-refractivity contribution in [1.82, 2.24) is 5.32 Å². The number of hydrogen-bond acceptors (Lipinski definition) is 6. The second kappa shape index (κ2) is 16.1. The van der Waals surface area contributed by atoms with Gasteiger partial charge < -0.3 is 25.0 Å². The Labute approximate surface area is 299 Å². The summed E-state index contributed by atoms with van der Waals surface area (Å²) in [6, 6.07) is 28.3. The number of hydrogen-bond donors (Lipinski definition) is 3. The molecule has 1 heterocycles. The van der Waals surface area contributed by atoms with E-state index in [4.69, 9.17) is 9.47 Å². The monoisotopic (exact) mass is 735 g/mol. The molecule has 5 aromatic rings. The molecule has 1 amide bonds. The third-order valence-electron chi connectivity index (χ3n) is 8.49. The van der Waals surface area contributed by atoms with Gasteiger partial charge in [-0.1, -0.05) is 78.9 Å². The van der Waals surface area contributed by atoms with Crippen LogP contribution in [0.2, 0.25) is 0 Å². The van der Waals surface area contributed by atoms with E-state index in [2.05, 4.69) is 5.32 Å². The van der Waals surface area contributed by atoms with Gasteiger partial charge >= 0.3 is 5.97 Å². The van der Waals surface area contributed by atoms with E-state index in [1.54, 1.807) is 48.5 Å². The molecule has 13 heteroatoms. The highest BCUT2D eigenvalue weighted by atomic mass is 32.2. The number of aliphatic hydroxyl groups is 1. The molecule has 0 spiro atoms. The average Bonchev–Trinajstić information content (AvgIpc) is 3.18. The van der Waals surface area contributed by atoms with Gasteiger partial charge in [0, 0.05) is 29.2 Å². The van der Waals surface area contributed by atoms with Gasteiger partial charge in [-0.3, -0.25) is 4.79 Å². The molecule has 268 valence electrons. The smallest absolute Gasteiger partial charge is 0.336 e. The number of carbonyl (C=O) groups excluding carboxylic acids is 1. The van der Waals surface area contributed by atoms with Crippen LogP contribution >= 0.6 is 11.8 Å². The Morgan fingerprint density at radius 3 is 2.06 bits per heavy atom. The van der Waals surface area contributed by atoms with Crippen molar-refractivity contribution in [1.29, 1.82) is 0 Å². The predicted octanol–water partition coefficient (Wildman–Crippen LogP) is 8.51. The van der Waals surface area contributed by atoms with Gasteiger partial charge in [-0.15, -0.1) is 11.8 Å². The van der Waals surface area contributed by atoms with Crippen LogP contribution in [0.15, 0.2) is 102 Å². The number of carboxylic acids is 1. The van der Waals surface area contributed by atoms with Gasteiger partial charge in [-0.05, 0) is 46.0 Å². The SMILES string of the molecule is O=C(O)c1ccccc1SCC1CC(c2ccc(CO)cc2)OC(c2ccc(-c3cccc(CNC(=O)c4c(F)c(F)c(F)c(F)c4F)c3)cc2)O1. The van der Waals surface area contributed by atoms with Crippen LogP contribution in [0, 0.1) is 29.1 Å². The van der Waals surface area contributed by atoms with Gasteiger partial charge in [0.2, 0.25) is 5.82 Å². The molecule has 5 aromatic carbocycles. The summed E-state index contributed by atoms with van der Waals surface area (Å²) in [6.07, 6.45) is -0.940. The first-order valence-corrected chi connectivity index (χ1v) is 17.0. The fraction of sp³-hybridized carbons (Fsp3) is 0.179. The van der Waals surface area contributed by atoms with Crippen molar-refractivity contribution in [3.8, 4) is 11.1 Å². The molecule has 1 fully saturated rings. The number of nitrogens with one attached hydrogen (secondary N) is 1. The number of benzene rings is 5. The number of halogens is 5. The largest absolute Gasteiger partial charge is 0.478 e. The van der Waals surface area contributed by atoms with E-state index in [1.807, 2.05) is 48.5 Å². The van der Waals surface area contributed by atoms with Crippen LogP contribution < -0.4 is 5.32 Å². The van der Waals surface area contributed by atoms with Crippen molar-refractivity contribution in [2.24, 2.45) is 0 Å². The third kappa shape index (κ3) is 8.02. The molecule has 6 rings (SSSR count). The Kier molecular flexibility index (Phi) is 11.3. The minimum absolute atomic E-state index is 0.0951. The summed E-state index contributed by atoms with van der Waals surface area (Å²) in [7, 11) is 0. The van der Waals surface area contributed by atoms with Gasteiger partial charge in [0.05, 0.1) is 24.4 Å². The minimum Gasteiger partial charge on any atom is -0.478 e. The van der Waals surface area contributed by atoms with E-state index in [9.17, 15) is 41.8 Å². The number of amides is 1. The van der Waals surface area contributed by atoms with Gasteiger partial charge in [0.1, 0.15) is 5.56 Å². The number of ether oxygens (including phenoxy) is 2. The summed E-state index contributed by atoms with van der Waals surface area (Å²) in [6.45, 7) is -0.354. The molecule has 3 N–H and O–H groups in total. The first-order chi connectivity index (χ1) is 25.0. The molecule has 52 heavy (non-hydrogen) atoms. The summed E-state index contributed by atoms with van der Waals surface area (Å²) >= 11 is 1.38. The molecule has 0 saturated carbocycles. The Hall–Kier alpha value is -5.08. The number of carboxylic acid groups (broad SMARTS) is 1. The standard InChI is InChI=1S/C39H30F5NO6S/c40-32-31(33(41)35(43)36(44)34(32)42)37(47)45-18-22-4-3-5-26(16-22)23-12-14-25(15-13-23)39-50-27(20-52-30-7-2-1-6-28(30)38(48)49)17-29(51-39)24-10-8-21(19-46)9-11-24/h1-16,27,29,39,46H,17-20H2,(H,45,47)(H,48,49). The molecule has 7 nitrogen and oxygen atoms in total. The lowest BCUT2D eigenvalue weighted by Gasteiger charge is -2.36. The van der Waals surface area contributed by atoms with Crippen molar-refractivity contribution >= 4 is 23.6 Å². The topological polar surface area (TPSA) is 105 Å². The number of rotatable bonds is 11. The van der Waals surface area contributed by atoms with E-state index in [0.717, 1.165) is 16.7 Å². The van der Waals surface area contributed by atoms with E-state index in [1.165, 1.54) is 11.8 Å². The van der Waals surface area contributed by atoms with Gasteiger partial charge in [-0.25, -0.2) is 26.7 Å². The van der Waals surface area contributed by atoms with Crippen LogP contribution in [0.5, 0.6) is 0 Å². The molecule has 0 radical (unpaired) electrons. The number of aromatic carboxylic acids is 1. The zero-order valence-electron chi connectivity index (χ0n) is 27.1. The van der Waals surface area contributed by atoms with Gasteiger partial charge in [-0.2, -0.15) is 0 Å². The molecule has 1 aliphatic heterocycles. The van der Waals surface area contributed by atoms with Gasteiger partial charge in [0.15, 0.2) is 29.6 Å². The number of thioether (sulfide) groups is 1. The zero-order chi connectivity index (χ0) is 36.9. The van der Waals surface area contributed by atoms with Crippen molar-refractivity contribution < 1.29 is 51.2 Å². The maximum absolute atomic E-state index is 14.1. The van der Waals surface area contributed by atoms with Crippen LogP contribution in [-0.2, 0) is 22.6 Å². The average molecular weight is 736 g/mol. The second-order valence-corrected chi connectivity index (χ2v) is 13.0. The summed E-state index contributed by atoms with van der Waals surface area (Å²) in [5.74, 6) is -13.2. The molecule has 3 unspecified atom stereocenters. The zero-order valence-corrected chi connectivity index (χ0v) is 27.9. The van der Waals surface area contributed by atoms with Crippen LogP contribution in [0.4, 0.5) is 22.0 Å². The quantitative estimate of drug-likeness (QED) is 0.0541. The van der Waals surface area contributed by atoms with E-state index in [-0.39, 0.29) is 30.9 Å². The lowest BCUT2D eigenvalue weighted by molar-refractivity contribution is -0.245. The van der Waals surface area contributed by atoms with Crippen LogP contribution in [0.1, 0.15) is 61.8 Å². The molecular weight excluding hydrogens is 705 g/mol. The fourth-order valence-electron chi connectivity index (χ4n) is 5.74. The third-order valence-corrected chi connectivity index (χ3v) is 9.70. The second-order valence-electron chi connectivity index (χ2n) is 11.9. The maximum atomic E-state index is 14.1. The van der Waals surface area contributed by atoms with Crippen LogP contribution in [0.3, 0.4) is 0 Å². The van der Waals surface area contributed by atoms with E-state index >= 15 is 0 Å². The highest BCUT2D eigenvalue weighted by molar-refractivity contribution is 7.99. The predicted molar refractivity (Wildman–Crippen MR) is 182 cm³/mol. The Morgan fingerprint density at radius 1 is 0.731 bits per heavy atom. The number of aliphatic hydroxyl groups excluding tert-OH is 1. The first kappa shape index (κ1) is 36.7. The molecule has 1 saturated heterocycles. The summed E-state index contributed by atoms with van der Waals surface area (Å²) in [5.41, 5.74) is 2.99. The normalized spacial score (nSPS) is 17.2. The summed E-state index contributed by atoms with van der Waals surface area (Å²) in [4.78, 5) is 24.8. The Bertz CT molecular complexity index is 2070. The van der Waals surface area contributed by atoms with Crippen molar-refractivity contribution in [3.05, 3.63) is 160 Å². The number of carbonyl (C=O) groups is 2. The van der Waals surface area contributed by atoms with Crippen molar-refractivity contribution in [2.45, 2.75) is 43.0 Å². The molecule has 0 aliphatic carbocycles. The highest BCUT2D eigenvalue weighted by Crippen LogP contribution is 2.40. The fourth-order valence-corrected chi connectivity index (χ4v) is 6.81. The molecule has 1 aliphatic rings. The highest BCUT2D eigenvalue weighted by Gasteiger charge is 2.33. The lowest BCUT2D eigenvalue weighted by Crippen LogP contribution is -2.31. The Balaban J connectivity index is 1.17. The minimum atomic E-state index is -2.35. The van der Waals surface area contributed by atoms with Crippen LogP contribution in [0.25, 0.3) is 11.1 Å². The Morgan fingerprint density at radius 2 is 1.38 bits per heavy atom. The van der Waals surface area contributed by atoms with E-state index < -0.39 is 52.8 Å². The van der Waals surface area contributed by atoms with E-state index in [0.29, 0.717) is 33.8 Å². The first-order valence-electron chi connectivity index (χ1n) is 16.0. The van der Waals surface area contributed by atoms with Crippen molar-refractivity contribution in [2.75, 3.05) is 5.75 Å². The molecular formula is C39H30F5NO6S. The molecule has 0 aromatic heterocycles. The summed E-state index contributed by atoms with van der Waals surface area (Å²) in [5, 5.41) is 21.3. The van der Waals surface area contributed by atoms with Gasteiger partial charge in [0.25, 0.3) is 5.91 Å². The summed E-state index contributed by atoms with van der Waals surface area (Å²) < 4.78 is 81.7. The molecule has 3 atom stereocenters. The lowest BCUT2D eigenvalue weighted by atomic mass is 9.99. The van der Waals surface area contributed by atoms with Crippen molar-refractivity contribution in [3.63, 3.8) is 0 Å². The molecule has 0 bridgehead atoms. The maximum Gasteiger partial charge on any atom is 0.336 e. The van der Waals surface area contributed by atoms with Crippen LogP contribution in [-0.4, -0.2) is 33.9 Å².